The van der Waals surface area contributed by atoms with Gasteiger partial charge < -0.3 is 15.0 Å². The lowest BCUT2D eigenvalue weighted by molar-refractivity contribution is -0.139. The van der Waals surface area contributed by atoms with Crippen molar-refractivity contribution in [1.82, 2.24) is 10.2 Å². The van der Waals surface area contributed by atoms with E-state index in [-0.39, 0.29) is 17.3 Å². The molecule has 0 fully saturated rings. The molecule has 0 aliphatic carbocycles. The zero-order chi connectivity index (χ0) is 28.6. The number of aryl methyl sites for hydroxylation is 1. The van der Waals surface area contributed by atoms with E-state index < -0.39 is 28.5 Å². The van der Waals surface area contributed by atoms with Crippen LogP contribution in [0.4, 0.5) is 5.69 Å². The molecule has 2 amide bonds. The Morgan fingerprint density at radius 2 is 1.56 bits per heavy atom. The van der Waals surface area contributed by atoms with Gasteiger partial charge in [-0.3, -0.25) is 13.9 Å². The van der Waals surface area contributed by atoms with Gasteiger partial charge in [0.05, 0.1) is 17.2 Å². The van der Waals surface area contributed by atoms with Gasteiger partial charge >= 0.3 is 0 Å². The number of amides is 2. The van der Waals surface area contributed by atoms with E-state index in [0.717, 1.165) is 19.9 Å². The van der Waals surface area contributed by atoms with Gasteiger partial charge in [-0.2, -0.15) is 0 Å². The molecule has 1 unspecified atom stereocenters. The molecule has 0 saturated heterocycles. The number of ether oxygens (including phenoxy) is 1. The fourth-order valence-electron chi connectivity index (χ4n) is 3.93. The van der Waals surface area contributed by atoms with Crippen LogP contribution in [0.25, 0.3) is 0 Å². The van der Waals surface area contributed by atoms with Crippen LogP contribution in [-0.2, 0) is 26.2 Å². The number of sulfonamides is 1. The molecule has 8 nitrogen and oxygen atoms in total. The maximum absolute atomic E-state index is 13.9. The first-order valence-electron chi connectivity index (χ1n) is 12.7. The average molecular weight is 617 g/mol. The average Bonchev–Trinajstić information content (AvgIpc) is 2.92. The second-order valence-corrected chi connectivity index (χ2v) is 11.7. The van der Waals surface area contributed by atoms with E-state index in [2.05, 4.69) is 21.2 Å². The molecule has 208 valence electrons. The van der Waals surface area contributed by atoms with E-state index in [4.69, 9.17) is 4.74 Å². The number of nitrogens with zero attached hydrogens (tertiary/aromatic N) is 2. The number of carbonyl (C=O) groups excluding carboxylic acids is 2. The largest absolute Gasteiger partial charge is 0.494 e. The van der Waals surface area contributed by atoms with Crippen molar-refractivity contribution in [3.63, 3.8) is 0 Å². The number of carbonyl (C=O) groups is 2. The van der Waals surface area contributed by atoms with E-state index in [1.165, 1.54) is 17.0 Å². The lowest BCUT2D eigenvalue weighted by Crippen LogP contribution is -2.51. The van der Waals surface area contributed by atoms with Crippen LogP contribution < -0.4 is 14.4 Å². The van der Waals surface area contributed by atoms with Gasteiger partial charge in [-0.05, 0) is 81.8 Å². The zero-order valence-corrected chi connectivity index (χ0v) is 25.0. The van der Waals surface area contributed by atoms with Crippen molar-refractivity contribution in [3.05, 3.63) is 88.4 Å². The van der Waals surface area contributed by atoms with Crippen LogP contribution in [0.5, 0.6) is 5.75 Å². The zero-order valence-electron chi connectivity index (χ0n) is 22.6. The number of hydrogen-bond donors (Lipinski definition) is 1. The first-order valence-corrected chi connectivity index (χ1v) is 14.9. The molecule has 0 saturated carbocycles. The minimum atomic E-state index is -4.14. The van der Waals surface area contributed by atoms with Gasteiger partial charge in [-0.25, -0.2) is 8.42 Å². The van der Waals surface area contributed by atoms with Crippen molar-refractivity contribution in [2.75, 3.05) is 24.0 Å². The maximum atomic E-state index is 13.9. The number of halogens is 1. The third-order valence-electron chi connectivity index (χ3n) is 6.11. The number of likely N-dealkylation sites (N-methyl/N-ethyl adjacent to an activating group) is 1. The molecule has 0 aliphatic rings. The van der Waals surface area contributed by atoms with Crippen LogP contribution in [0.3, 0.4) is 0 Å². The minimum absolute atomic E-state index is 0.0237. The first-order chi connectivity index (χ1) is 18.6. The second kappa shape index (κ2) is 13.6. The van der Waals surface area contributed by atoms with Gasteiger partial charge in [0.2, 0.25) is 11.8 Å². The van der Waals surface area contributed by atoms with Crippen LogP contribution in [0.2, 0.25) is 0 Å². The Kier molecular flexibility index (Phi) is 10.5. The highest BCUT2D eigenvalue weighted by atomic mass is 79.9. The Morgan fingerprint density at radius 3 is 2.13 bits per heavy atom. The molecule has 0 heterocycles. The molecular formula is C29H34BrN3O5S. The van der Waals surface area contributed by atoms with Crippen LogP contribution in [-0.4, -0.2) is 50.9 Å². The van der Waals surface area contributed by atoms with Gasteiger partial charge in [0, 0.05) is 17.6 Å². The fourth-order valence-corrected chi connectivity index (χ4v) is 5.61. The Hall–Kier alpha value is -3.37. The predicted molar refractivity (Wildman–Crippen MR) is 156 cm³/mol. The Labute approximate surface area is 239 Å². The van der Waals surface area contributed by atoms with Crippen molar-refractivity contribution in [2.24, 2.45) is 0 Å². The van der Waals surface area contributed by atoms with Crippen molar-refractivity contribution >= 4 is 43.5 Å². The molecule has 39 heavy (non-hydrogen) atoms. The van der Waals surface area contributed by atoms with E-state index in [1.54, 1.807) is 50.2 Å². The Morgan fingerprint density at radius 1 is 0.949 bits per heavy atom. The first kappa shape index (κ1) is 30.2. The van der Waals surface area contributed by atoms with E-state index in [0.29, 0.717) is 24.6 Å². The van der Waals surface area contributed by atoms with Gasteiger partial charge in [0.15, 0.2) is 0 Å². The molecular weight excluding hydrogens is 582 g/mol. The fraction of sp³-hybridized carbons (Fsp3) is 0.310. The molecule has 10 heteroatoms. The van der Waals surface area contributed by atoms with Crippen LogP contribution >= 0.6 is 15.9 Å². The second-order valence-electron chi connectivity index (χ2n) is 8.97. The lowest BCUT2D eigenvalue weighted by atomic mass is 10.1. The highest BCUT2D eigenvalue weighted by Gasteiger charge is 2.32. The predicted octanol–water partition coefficient (Wildman–Crippen LogP) is 4.90. The molecule has 3 aromatic rings. The summed E-state index contributed by atoms with van der Waals surface area (Å²) < 4.78 is 35.2. The molecule has 3 aromatic carbocycles. The van der Waals surface area contributed by atoms with E-state index in [9.17, 15) is 18.0 Å². The number of rotatable bonds is 12. The van der Waals surface area contributed by atoms with Gasteiger partial charge in [0.25, 0.3) is 10.0 Å². The number of hydrogen-bond acceptors (Lipinski definition) is 5. The number of anilines is 1. The number of nitrogens with one attached hydrogen (secondary N) is 1. The molecule has 1 N–H and O–H groups in total. The summed E-state index contributed by atoms with van der Waals surface area (Å²) in [6.45, 7) is 7.69. The van der Waals surface area contributed by atoms with Crippen molar-refractivity contribution < 1.29 is 22.7 Å². The van der Waals surface area contributed by atoms with Crippen molar-refractivity contribution in [3.8, 4) is 5.75 Å². The van der Waals surface area contributed by atoms with Gasteiger partial charge in [-0.1, -0.05) is 45.8 Å². The molecule has 0 spiro atoms. The summed E-state index contributed by atoms with van der Waals surface area (Å²) in [6.07, 6.45) is 0. The smallest absolute Gasteiger partial charge is 0.264 e. The van der Waals surface area contributed by atoms with Gasteiger partial charge in [-0.15, -0.1) is 0 Å². The summed E-state index contributed by atoms with van der Waals surface area (Å²) in [7, 11) is -4.14. The van der Waals surface area contributed by atoms with Crippen molar-refractivity contribution in [1.29, 1.82) is 0 Å². The SMILES string of the molecule is CCNC(=O)C(C)N(Cc1ccc(Br)cc1)C(=O)CN(c1ccc(C)cc1)S(=O)(=O)c1ccc(OCC)cc1. The Balaban J connectivity index is 2.00. The summed E-state index contributed by atoms with van der Waals surface area (Å²) in [4.78, 5) is 28.0. The van der Waals surface area contributed by atoms with E-state index >= 15 is 0 Å². The summed E-state index contributed by atoms with van der Waals surface area (Å²) in [5, 5.41) is 2.75. The van der Waals surface area contributed by atoms with Gasteiger partial charge in [0.1, 0.15) is 18.3 Å². The molecule has 1 atom stereocenters. The topological polar surface area (TPSA) is 96.0 Å². The summed E-state index contributed by atoms with van der Waals surface area (Å²) in [6, 6.07) is 19.6. The summed E-state index contributed by atoms with van der Waals surface area (Å²) in [5.74, 6) is -0.281. The molecule has 0 aromatic heterocycles. The highest BCUT2D eigenvalue weighted by molar-refractivity contribution is 9.10. The third kappa shape index (κ3) is 7.83. The normalized spacial score (nSPS) is 11.9. The third-order valence-corrected chi connectivity index (χ3v) is 8.42. The molecule has 0 radical (unpaired) electrons. The van der Waals surface area contributed by atoms with Crippen LogP contribution in [0, 0.1) is 6.92 Å². The van der Waals surface area contributed by atoms with E-state index in [1.807, 2.05) is 38.1 Å². The molecule has 0 bridgehead atoms. The molecule has 3 rings (SSSR count). The summed E-state index contributed by atoms with van der Waals surface area (Å²) in [5.41, 5.74) is 2.10. The monoisotopic (exact) mass is 615 g/mol. The van der Waals surface area contributed by atoms with Crippen LogP contribution in [0.15, 0.2) is 82.2 Å². The van der Waals surface area contributed by atoms with Crippen molar-refractivity contribution in [2.45, 2.75) is 45.2 Å². The summed E-state index contributed by atoms with van der Waals surface area (Å²) >= 11 is 3.41. The Bertz CT molecular complexity index is 1360. The number of benzene rings is 3. The van der Waals surface area contributed by atoms with Crippen LogP contribution in [0.1, 0.15) is 31.9 Å². The highest BCUT2D eigenvalue weighted by Crippen LogP contribution is 2.26. The quantitative estimate of drug-likeness (QED) is 0.312. The minimum Gasteiger partial charge on any atom is -0.494 e. The lowest BCUT2D eigenvalue weighted by Gasteiger charge is -2.32. The molecule has 0 aliphatic heterocycles. The standard InChI is InChI=1S/C29H34BrN3O5S/c1-5-31-29(35)22(4)32(19-23-9-11-24(30)12-10-23)28(34)20-33(25-13-7-21(3)8-14-25)39(36,37)27-17-15-26(16-18-27)38-6-2/h7-18,22H,5-6,19-20H2,1-4H3,(H,31,35). The maximum Gasteiger partial charge on any atom is 0.264 e.